The van der Waals surface area contributed by atoms with Crippen molar-refractivity contribution in [3.63, 3.8) is 0 Å². The Morgan fingerprint density at radius 2 is 1.22 bits per heavy atom. The Morgan fingerprint density at radius 3 is 1.91 bits per heavy atom. The van der Waals surface area contributed by atoms with Crippen LogP contribution in [-0.4, -0.2) is 5.78 Å². The fraction of sp³-hybridized carbons (Fsp3) is 0.0952. The van der Waals surface area contributed by atoms with Gasteiger partial charge in [0.15, 0.2) is 5.78 Å². The Bertz CT molecular complexity index is 825. The number of para-hydroxylation sites is 1. The molecule has 112 valence electrons. The number of carbonyl (C=O) groups excluding carboxylic acids is 1. The normalized spacial score (nSPS) is 19.7. The summed E-state index contributed by atoms with van der Waals surface area (Å²) in [6, 6.07) is 27.3. The second-order valence-electron chi connectivity index (χ2n) is 5.70. The average molecular weight is 300 g/mol. The summed E-state index contributed by atoms with van der Waals surface area (Å²) in [6.07, 6.45) is -0.305. The van der Waals surface area contributed by atoms with E-state index in [-0.39, 0.29) is 17.8 Å². The smallest absolute Gasteiger partial charge is 0.178 e. The molecule has 0 saturated carbocycles. The van der Waals surface area contributed by atoms with Crippen molar-refractivity contribution in [1.29, 1.82) is 0 Å². The van der Waals surface area contributed by atoms with Gasteiger partial charge in [-0.3, -0.25) is 4.79 Å². The maximum Gasteiger partial charge on any atom is 0.178 e. The zero-order chi connectivity index (χ0) is 15.6. The number of rotatable bonds is 2. The molecule has 0 N–H and O–H groups in total. The summed E-state index contributed by atoms with van der Waals surface area (Å²) >= 11 is 0. The van der Waals surface area contributed by atoms with E-state index < -0.39 is 0 Å². The topological polar surface area (TPSA) is 26.3 Å². The molecule has 0 radical (unpaired) electrons. The van der Waals surface area contributed by atoms with Crippen molar-refractivity contribution in [1.82, 2.24) is 0 Å². The van der Waals surface area contributed by atoms with E-state index in [2.05, 4.69) is 0 Å². The van der Waals surface area contributed by atoms with Crippen LogP contribution < -0.4 is 4.74 Å². The highest BCUT2D eigenvalue weighted by atomic mass is 16.5. The van der Waals surface area contributed by atoms with Gasteiger partial charge in [-0.25, -0.2) is 0 Å². The van der Waals surface area contributed by atoms with Gasteiger partial charge in [0.1, 0.15) is 11.9 Å². The summed E-state index contributed by atoms with van der Waals surface area (Å²) in [5.41, 5.74) is 2.67. The molecule has 0 bridgehead atoms. The van der Waals surface area contributed by atoms with E-state index in [9.17, 15) is 4.79 Å². The van der Waals surface area contributed by atoms with E-state index in [1.54, 1.807) is 0 Å². The standard InChI is InChI=1S/C21H16O2/c22-20-17-13-7-8-14-18(17)23-21(16-11-5-2-6-12-16)19(20)15-9-3-1-4-10-15/h1-14,19,21H/t19-,21+/m0/s1. The van der Waals surface area contributed by atoms with E-state index in [1.807, 2.05) is 84.9 Å². The molecular formula is C21H16O2. The van der Waals surface area contributed by atoms with Crippen LogP contribution in [-0.2, 0) is 0 Å². The number of hydrogen-bond donors (Lipinski definition) is 0. The van der Waals surface area contributed by atoms with Crippen molar-refractivity contribution in [2.75, 3.05) is 0 Å². The van der Waals surface area contributed by atoms with Gasteiger partial charge < -0.3 is 4.74 Å². The zero-order valence-corrected chi connectivity index (χ0v) is 12.6. The molecule has 0 spiro atoms. The molecule has 0 aliphatic carbocycles. The third-order valence-electron chi connectivity index (χ3n) is 4.28. The second kappa shape index (κ2) is 5.73. The number of ketones is 1. The average Bonchev–Trinajstić information content (AvgIpc) is 2.63. The quantitative estimate of drug-likeness (QED) is 0.680. The summed E-state index contributed by atoms with van der Waals surface area (Å²) in [6.45, 7) is 0. The highest BCUT2D eigenvalue weighted by molar-refractivity contribution is 6.04. The van der Waals surface area contributed by atoms with Crippen LogP contribution >= 0.6 is 0 Å². The maximum absolute atomic E-state index is 13.1. The van der Waals surface area contributed by atoms with Crippen LogP contribution in [0.3, 0.4) is 0 Å². The first kappa shape index (κ1) is 13.8. The van der Waals surface area contributed by atoms with Crippen LogP contribution in [0.25, 0.3) is 0 Å². The third kappa shape index (κ3) is 2.42. The van der Waals surface area contributed by atoms with Gasteiger partial charge in [0, 0.05) is 0 Å². The van der Waals surface area contributed by atoms with Crippen LogP contribution in [0.1, 0.15) is 33.5 Å². The molecule has 1 aliphatic heterocycles. The van der Waals surface area contributed by atoms with Crippen LogP contribution in [0.5, 0.6) is 5.75 Å². The molecule has 4 rings (SSSR count). The summed E-state index contributed by atoms with van der Waals surface area (Å²) < 4.78 is 6.23. The van der Waals surface area contributed by atoms with Crippen molar-refractivity contribution < 1.29 is 9.53 Å². The number of benzene rings is 3. The summed E-state index contributed by atoms with van der Waals surface area (Å²) in [5, 5.41) is 0. The summed E-state index contributed by atoms with van der Waals surface area (Å²) in [7, 11) is 0. The molecule has 0 saturated heterocycles. The van der Waals surface area contributed by atoms with Gasteiger partial charge in [-0.05, 0) is 23.3 Å². The second-order valence-corrected chi connectivity index (χ2v) is 5.70. The highest BCUT2D eigenvalue weighted by Crippen LogP contribution is 2.43. The molecular weight excluding hydrogens is 284 g/mol. The van der Waals surface area contributed by atoms with Crippen molar-refractivity contribution in [3.8, 4) is 5.75 Å². The van der Waals surface area contributed by atoms with E-state index in [0.717, 1.165) is 11.1 Å². The van der Waals surface area contributed by atoms with Crippen LogP contribution in [0.2, 0.25) is 0 Å². The lowest BCUT2D eigenvalue weighted by Gasteiger charge is -2.33. The lowest BCUT2D eigenvalue weighted by Crippen LogP contribution is -2.29. The lowest BCUT2D eigenvalue weighted by molar-refractivity contribution is 0.0782. The monoisotopic (exact) mass is 300 g/mol. The molecule has 2 atom stereocenters. The summed E-state index contributed by atoms with van der Waals surface area (Å²) in [4.78, 5) is 13.1. The molecule has 0 amide bonds. The Morgan fingerprint density at radius 1 is 0.652 bits per heavy atom. The highest BCUT2D eigenvalue weighted by Gasteiger charge is 2.38. The first-order valence-electron chi connectivity index (χ1n) is 7.74. The van der Waals surface area contributed by atoms with Crippen LogP contribution in [0, 0.1) is 0 Å². The molecule has 0 aromatic heterocycles. The van der Waals surface area contributed by atoms with Crippen LogP contribution in [0.15, 0.2) is 84.9 Å². The lowest BCUT2D eigenvalue weighted by atomic mass is 9.81. The van der Waals surface area contributed by atoms with Crippen molar-refractivity contribution >= 4 is 5.78 Å². The molecule has 1 heterocycles. The molecule has 2 nitrogen and oxygen atoms in total. The largest absolute Gasteiger partial charge is 0.484 e. The minimum absolute atomic E-state index is 0.118. The molecule has 23 heavy (non-hydrogen) atoms. The van der Waals surface area contributed by atoms with Gasteiger partial charge in [-0.1, -0.05) is 72.8 Å². The Kier molecular flexibility index (Phi) is 3.43. The molecule has 1 aliphatic rings. The van der Waals surface area contributed by atoms with Gasteiger partial charge in [0.05, 0.1) is 11.5 Å². The Labute approximate surface area is 135 Å². The van der Waals surface area contributed by atoms with Gasteiger partial charge in [0.25, 0.3) is 0 Å². The molecule has 0 fully saturated rings. The molecule has 0 unspecified atom stereocenters. The number of ether oxygens (including phenoxy) is 1. The zero-order valence-electron chi connectivity index (χ0n) is 12.6. The minimum Gasteiger partial charge on any atom is -0.484 e. The molecule has 3 aromatic carbocycles. The Balaban J connectivity index is 1.87. The van der Waals surface area contributed by atoms with Crippen LogP contribution in [0.4, 0.5) is 0 Å². The van der Waals surface area contributed by atoms with E-state index in [0.29, 0.717) is 11.3 Å². The number of hydrogen-bond acceptors (Lipinski definition) is 2. The van der Waals surface area contributed by atoms with Crippen molar-refractivity contribution in [2.45, 2.75) is 12.0 Å². The van der Waals surface area contributed by atoms with Crippen molar-refractivity contribution in [3.05, 3.63) is 102 Å². The predicted molar refractivity (Wildman–Crippen MR) is 89.8 cm³/mol. The van der Waals surface area contributed by atoms with E-state index in [1.165, 1.54) is 0 Å². The Hall–Kier alpha value is -2.87. The maximum atomic E-state index is 13.1. The number of fused-ring (bicyclic) bond motifs is 1. The third-order valence-corrected chi connectivity index (χ3v) is 4.28. The predicted octanol–water partition coefficient (Wildman–Crippen LogP) is 4.79. The number of Topliss-reactive ketones (excluding diaryl/α,β-unsaturated/α-hetero) is 1. The minimum atomic E-state index is -0.325. The number of carbonyl (C=O) groups is 1. The first-order chi connectivity index (χ1) is 11.3. The van der Waals surface area contributed by atoms with E-state index in [4.69, 9.17) is 4.74 Å². The van der Waals surface area contributed by atoms with Gasteiger partial charge in [-0.2, -0.15) is 0 Å². The fourth-order valence-corrected chi connectivity index (χ4v) is 3.17. The van der Waals surface area contributed by atoms with Gasteiger partial charge in [-0.15, -0.1) is 0 Å². The first-order valence-corrected chi connectivity index (χ1v) is 7.74. The van der Waals surface area contributed by atoms with E-state index >= 15 is 0 Å². The molecule has 3 aromatic rings. The molecule has 2 heteroatoms. The summed E-state index contributed by atoms with van der Waals surface area (Å²) in [5.74, 6) is 0.457. The van der Waals surface area contributed by atoms with Crippen molar-refractivity contribution in [2.24, 2.45) is 0 Å². The SMILES string of the molecule is O=C1c2ccccc2O[C@H](c2ccccc2)[C@H]1c1ccccc1. The van der Waals surface area contributed by atoms with Gasteiger partial charge >= 0.3 is 0 Å². The fourth-order valence-electron chi connectivity index (χ4n) is 3.17. The van der Waals surface area contributed by atoms with Gasteiger partial charge in [0.2, 0.25) is 0 Å².